The first-order valence-corrected chi connectivity index (χ1v) is 4.41. The molecule has 1 aromatic heterocycles. The van der Waals surface area contributed by atoms with E-state index < -0.39 is 11.8 Å². The third-order valence-electron chi connectivity index (χ3n) is 2.04. The normalized spacial score (nSPS) is 10.4. The molecule has 0 atom stereocenters. The second-order valence-electron chi connectivity index (χ2n) is 3.19. The van der Waals surface area contributed by atoms with Gasteiger partial charge < -0.3 is 9.63 Å². The third-order valence-corrected chi connectivity index (χ3v) is 2.04. The van der Waals surface area contributed by atoms with Gasteiger partial charge in [-0.25, -0.2) is 9.18 Å². The van der Waals surface area contributed by atoms with Gasteiger partial charge in [0.1, 0.15) is 5.82 Å². The van der Waals surface area contributed by atoms with Gasteiger partial charge in [0.25, 0.3) is 11.7 Å². The molecule has 16 heavy (non-hydrogen) atoms. The zero-order valence-electron chi connectivity index (χ0n) is 8.27. The van der Waals surface area contributed by atoms with Crippen LogP contribution in [0.1, 0.15) is 16.2 Å². The first-order chi connectivity index (χ1) is 7.58. The fourth-order valence-electron chi connectivity index (χ4n) is 1.29. The van der Waals surface area contributed by atoms with Crippen LogP contribution in [0.25, 0.3) is 11.5 Å². The number of aryl methyl sites for hydroxylation is 1. The van der Waals surface area contributed by atoms with Gasteiger partial charge in [0.2, 0.25) is 0 Å². The van der Waals surface area contributed by atoms with E-state index in [9.17, 15) is 9.18 Å². The van der Waals surface area contributed by atoms with Crippen molar-refractivity contribution in [2.75, 3.05) is 0 Å². The van der Waals surface area contributed by atoms with Crippen molar-refractivity contribution >= 4 is 5.97 Å². The molecule has 82 valence electrons. The number of rotatable bonds is 2. The molecule has 0 fully saturated rings. The maximum absolute atomic E-state index is 12.8. The maximum atomic E-state index is 12.8. The number of hydrogen-bond donors (Lipinski definition) is 1. The average Bonchev–Trinajstić information content (AvgIpc) is 2.66. The summed E-state index contributed by atoms with van der Waals surface area (Å²) in [5.41, 5.74) is 1.11. The summed E-state index contributed by atoms with van der Waals surface area (Å²) < 4.78 is 17.6. The number of halogens is 1. The van der Waals surface area contributed by atoms with E-state index >= 15 is 0 Å². The molecule has 0 bridgehead atoms. The van der Waals surface area contributed by atoms with E-state index in [1.807, 2.05) is 0 Å². The topological polar surface area (TPSA) is 76.2 Å². The molecule has 0 aliphatic carbocycles. The van der Waals surface area contributed by atoms with Crippen LogP contribution < -0.4 is 0 Å². The highest BCUT2D eigenvalue weighted by Gasteiger charge is 2.15. The summed E-state index contributed by atoms with van der Waals surface area (Å²) in [4.78, 5) is 14.2. The number of carbonyl (C=O) groups is 1. The van der Waals surface area contributed by atoms with Gasteiger partial charge in [-0.3, -0.25) is 0 Å². The van der Waals surface area contributed by atoms with E-state index in [1.54, 1.807) is 6.92 Å². The molecule has 5 nitrogen and oxygen atoms in total. The van der Waals surface area contributed by atoms with Crippen molar-refractivity contribution < 1.29 is 18.8 Å². The lowest BCUT2D eigenvalue weighted by Crippen LogP contribution is -1.98. The van der Waals surface area contributed by atoms with Crippen LogP contribution >= 0.6 is 0 Å². The van der Waals surface area contributed by atoms with Crippen LogP contribution in [0.15, 0.2) is 22.7 Å². The number of aromatic carboxylic acids is 1. The van der Waals surface area contributed by atoms with Gasteiger partial charge in [-0.1, -0.05) is 0 Å². The molecule has 1 heterocycles. The van der Waals surface area contributed by atoms with Crippen molar-refractivity contribution in [2.45, 2.75) is 6.92 Å². The molecule has 2 aromatic rings. The first kappa shape index (κ1) is 10.3. The van der Waals surface area contributed by atoms with Crippen molar-refractivity contribution in [2.24, 2.45) is 0 Å². The van der Waals surface area contributed by atoms with E-state index in [1.165, 1.54) is 18.2 Å². The summed E-state index contributed by atoms with van der Waals surface area (Å²) in [7, 11) is 0. The van der Waals surface area contributed by atoms with Crippen molar-refractivity contribution in [1.29, 1.82) is 0 Å². The van der Waals surface area contributed by atoms with Crippen molar-refractivity contribution in [3.05, 3.63) is 35.4 Å². The second kappa shape index (κ2) is 3.73. The Hall–Kier alpha value is -2.24. The molecule has 6 heteroatoms. The Balaban J connectivity index is 2.46. The minimum Gasteiger partial charge on any atom is -0.475 e. The molecule has 0 radical (unpaired) electrons. The predicted molar refractivity (Wildman–Crippen MR) is 51.4 cm³/mol. The highest BCUT2D eigenvalue weighted by Crippen LogP contribution is 2.22. The Kier molecular flexibility index (Phi) is 2.40. The number of aromatic nitrogens is 2. The smallest absolute Gasteiger partial charge is 0.377 e. The van der Waals surface area contributed by atoms with Gasteiger partial charge in [-0.15, -0.1) is 0 Å². The van der Waals surface area contributed by atoms with Gasteiger partial charge in [0.05, 0.1) is 0 Å². The minimum absolute atomic E-state index is 0.0647. The average molecular weight is 222 g/mol. The summed E-state index contributed by atoms with van der Waals surface area (Å²) in [6.07, 6.45) is 0. The number of carboxylic acid groups (broad SMARTS) is 1. The van der Waals surface area contributed by atoms with Gasteiger partial charge in [-0.05, 0) is 35.8 Å². The molecule has 2 rings (SSSR count). The van der Waals surface area contributed by atoms with Crippen LogP contribution in [-0.4, -0.2) is 21.2 Å². The zero-order valence-corrected chi connectivity index (χ0v) is 8.27. The number of nitrogens with zero attached hydrogens (tertiary/aromatic N) is 2. The molecule has 0 amide bonds. The molecule has 0 spiro atoms. The van der Waals surface area contributed by atoms with E-state index in [0.717, 1.165) is 0 Å². The fourth-order valence-corrected chi connectivity index (χ4v) is 1.29. The SMILES string of the molecule is Cc1cc(F)ccc1-c1nc(C(=O)O)no1. The number of benzene rings is 1. The molecular formula is C10H7FN2O3. The summed E-state index contributed by atoms with van der Waals surface area (Å²) in [5.74, 6) is -2.00. The van der Waals surface area contributed by atoms with E-state index in [2.05, 4.69) is 10.1 Å². The maximum Gasteiger partial charge on any atom is 0.377 e. The standard InChI is InChI=1S/C10H7FN2O3/c1-5-4-6(11)2-3-7(5)9-12-8(10(14)15)13-16-9/h2-4H,1H3,(H,14,15). The van der Waals surface area contributed by atoms with Crippen LogP contribution in [0, 0.1) is 12.7 Å². The molecule has 1 N–H and O–H groups in total. The highest BCUT2D eigenvalue weighted by molar-refractivity contribution is 5.83. The largest absolute Gasteiger partial charge is 0.475 e. The highest BCUT2D eigenvalue weighted by atomic mass is 19.1. The van der Waals surface area contributed by atoms with Gasteiger partial charge >= 0.3 is 5.97 Å². The third kappa shape index (κ3) is 1.77. The summed E-state index contributed by atoms with van der Waals surface area (Å²) in [6, 6.07) is 4.01. The lowest BCUT2D eigenvalue weighted by Gasteiger charge is -1.99. The number of carboxylic acids is 1. The van der Waals surface area contributed by atoms with E-state index in [-0.39, 0.29) is 11.7 Å². The second-order valence-corrected chi connectivity index (χ2v) is 3.19. The summed E-state index contributed by atoms with van der Waals surface area (Å²) in [6.45, 7) is 1.67. The Bertz CT molecular complexity index is 551. The Morgan fingerprint density at radius 1 is 1.50 bits per heavy atom. The minimum atomic E-state index is -1.27. The molecule has 0 aliphatic heterocycles. The van der Waals surface area contributed by atoms with Crippen LogP contribution in [0.3, 0.4) is 0 Å². The lowest BCUT2D eigenvalue weighted by atomic mass is 10.1. The zero-order chi connectivity index (χ0) is 11.7. The molecule has 0 saturated carbocycles. The molecule has 0 saturated heterocycles. The molecule has 0 aliphatic rings. The monoisotopic (exact) mass is 222 g/mol. The molecule has 0 unspecified atom stereocenters. The Morgan fingerprint density at radius 2 is 2.25 bits per heavy atom. The van der Waals surface area contributed by atoms with E-state index in [4.69, 9.17) is 9.63 Å². The molecule has 1 aromatic carbocycles. The van der Waals surface area contributed by atoms with Crippen molar-refractivity contribution in [1.82, 2.24) is 10.1 Å². The molecular weight excluding hydrogens is 215 g/mol. The predicted octanol–water partition coefficient (Wildman–Crippen LogP) is 1.88. The fraction of sp³-hybridized carbons (Fsp3) is 0.100. The Morgan fingerprint density at radius 3 is 2.81 bits per heavy atom. The lowest BCUT2D eigenvalue weighted by molar-refractivity contribution is 0.0680. The van der Waals surface area contributed by atoms with E-state index in [0.29, 0.717) is 11.1 Å². The van der Waals surface area contributed by atoms with Gasteiger partial charge in [0, 0.05) is 5.56 Å². The summed E-state index contributed by atoms with van der Waals surface area (Å²) in [5, 5.41) is 11.9. The van der Waals surface area contributed by atoms with Gasteiger partial charge in [-0.2, -0.15) is 4.98 Å². The summed E-state index contributed by atoms with van der Waals surface area (Å²) >= 11 is 0. The quantitative estimate of drug-likeness (QED) is 0.839. The van der Waals surface area contributed by atoms with Gasteiger partial charge in [0.15, 0.2) is 0 Å². The van der Waals surface area contributed by atoms with Crippen molar-refractivity contribution in [3.63, 3.8) is 0 Å². The van der Waals surface area contributed by atoms with Crippen LogP contribution in [0.2, 0.25) is 0 Å². The van der Waals surface area contributed by atoms with Crippen molar-refractivity contribution in [3.8, 4) is 11.5 Å². The van der Waals surface area contributed by atoms with Crippen LogP contribution in [-0.2, 0) is 0 Å². The Labute approximate surface area is 89.5 Å². The number of hydrogen-bond acceptors (Lipinski definition) is 4. The van der Waals surface area contributed by atoms with Crippen LogP contribution in [0.4, 0.5) is 4.39 Å². The first-order valence-electron chi connectivity index (χ1n) is 4.41. The van der Waals surface area contributed by atoms with Crippen LogP contribution in [0.5, 0.6) is 0 Å².